The lowest BCUT2D eigenvalue weighted by Gasteiger charge is -2.08. The molecule has 0 unspecified atom stereocenters. The van der Waals surface area contributed by atoms with Crippen molar-refractivity contribution in [3.63, 3.8) is 0 Å². The Balaban J connectivity index is 1.67. The minimum atomic E-state index is 1.03. The Bertz CT molecular complexity index is 1320. The molecule has 0 amide bonds. The van der Waals surface area contributed by atoms with Crippen LogP contribution in [0.25, 0.3) is 22.7 Å². The number of hydrogen-bond donors (Lipinski definition) is 0. The number of nitrogens with zero attached hydrogens (tertiary/aromatic N) is 8. The van der Waals surface area contributed by atoms with Crippen molar-refractivity contribution in [2.24, 2.45) is 0 Å². The maximum atomic E-state index is 2.35. The number of benzene rings is 1. The van der Waals surface area contributed by atoms with Gasteiger partial charge in [-0.15, -0.1) is 0 Å². The second-order valence-electron chi connectivity index (χ2n) is 11.5. The highest BCUT2D eigenvalue weighted by molar-refractivity contribution is 5.67. The number of unbranched alkanes of at least 4 members (excludes halogenated alkanes) is 4. The first-order valence-corrected chi connectivity index (χ1v) is 16.1. The molecule has 42 heavy (non-hydrogen) atoms. The summed E-state index contributed by atoms with van der Waals surface area (Å²) in [6, 6.07) is 4.71. The Labute approximate surface area is 251 Å². The van der Waals surface area contributed by atoms with Gasteiger partial charge in [0.05, 0.1) is 26.2 Å². The van der Waals surface area contributed by atoms with Crippen LogP contribution in [0.3, 0.4) is 0 Å². The average molecular weight is 571 g/mol. The van der Waals surface area contributed by atoms with Crippen LogP contribution in [0.5, 0.6) is 0 Å². The third-order valence-electron chi connectivity index (χ3n) is 8.03. The molecule has 0 aliphatic rings. The van der Waals surface area contributed by atoms with Crippen LogP contribution in [0.1, 0.15) is 79.1 Å². The Morgan fingerprint density at radius 2 is 0.643 bits per heavy atom. The standard InChI is InChI=1S/C34H50N8/c1-5-9-13-35-17-21-39(27-35)31-25-33(41-23-19-37(29-41)15-11-7-3)34(42-24-20-38(30-42)16-12-8-4)26-32(31)40-22-18-36(28-40)14-10-6-2/h17-30H,5-16H2,1-4H3/q+4. The molecule has 5 aromatic rings. The van der Waals surface area contributed by atoms with E-state index in [9.17, 15) is 0 Å². The number of aromatic nitrogens is 8. The Morgan fingerprint density at radius 3 is 0.857 bits per heavy atom. The van der Waals surface area contributed by atoms with Crippen molar-refractivity contribution in [3.8, 4) is 22.7 Å². The lowest BCUT2D eigenvalue weighted by molar-refractivity contribution is -0.696. The normalized spacial score (nSPS) is 11.5. The predicted octanol–water partition coefficient (Wildman–Crippen LogP) is 5.20. The summed E-state index contributed by atoms with van der Waals surface area (Å²) in [7, 11) is 0. The average Bonchev–Trinajstić information content (AvgIpc) is 3.83. The third-order valence-corrected chi connectivity index (χ3v) is 8.03. The van der Waals surface area contributed by atoms with E-state index in [1.54, 1.807) is 0 Å². The first kappa shape index (κ1) is 29.5. The van der Waals surface area contributed by atoms with E-state index in [1.165, 1.54) is 51.4 Å². The summed E-state index contributed by atoms with van der Waals surface area (Å²) >= 11 is 0. The molecule has 4 aromatic heterocycles. The van der Waals surface area contributed by atoms with Crippen molar-refractivity contribution in [1.82, 2.24) is 18.3 Å². The lowest BCUT2D eigenvalue weighted by Crippen LogP contribution is -2.31. The fourth-order valence-corrected chi connectivity index (χ4v) is 5.42. The number of aryl methyl sites for hydroxylation is 4. The van der Waals surface area contributed by atoms with Crippen LogP contribution in [0, 0.1) is 0 Å². The van der Waals surface area contributed by atoms with Crippen LogP contribution in [-0.2, 0) is 26.2 Å². The Kier molecular flexibility index (Phi) is 10.1. The van der Waals surface area contributed by atoms with Crippen molar-refractivity contribution in [2.45, 2.75) is 105 Å². The van der Waals surface area contributed by atoms with Crippen molar-refractivity contribution >= 4 is 0 Å². The van der Waals surface area contributed by atoms with Crippen molar-refractivity contribution in [2.75, 3.05) is 0 Å². The number of hydrogen-bond acceptors (Lipinski definition) is 0. The van der Waals surface area contributed by atoms with E-state index < -0.39 is 0 Å². The van der Waals surface area contributed by atoms with Crippen LogP contribution in [0.15, 0.2) is 87.0 Å². The maximum Gasteiger partial charge on any atom is 0.249 e. The van der Waals surface area contributed by atoms with Gasteiger partial charge in [-0.25, -0.2) is 18.3 Å². The monoisotopic (exact) mass is 570 g/mol. The van der Waals surface area contributed by atoms with Gasteiger partial charge in [-0.2, -0.15) is 18.3 Å². The highest BCUT2D eigenvalue weighted by atomic mass is 15.2. The molecule has 1 aromatic carbocycles. The van der Waals surface area contributed by atoms with Crippen molar-refractivity contribution in [1.29, 1.82) is 0 Å². The predicted molar refractivity (Wildman–Crippen MR) is 164 cm³/mol. The highest BCUT2D eigenvalue weighted by Crippen LogP contribution is 2.29. The summed E-state index contributed by atoms with van der Waals surface area (Å²) < 4.78 is 18.3. The Morgan fingerprint density at radius 1 is 0.405 bits per heavy atom. The molecule has 8 heteroatoms. The molecule has 0 aliphatic heterocycles. The van der Waals surface area contributed by atoms with Gasteiger partial charge in [0, 0.05) is 12.1 Å². The van der Waals surface area contributed by atoms with Crippen molar-refractivity contribution in [3.05, 3.63) is 87.0 Å². The largest absolute Gasteiger partial charge is 0.249 e. The van der Waals surface area contributed by atoms with E-state index in [0.717, 1.165) is 48.9 Å². The summed E-state index contributed by atoms with van der Waals surface area (Å²) in [4.78, 5) is 0. The van der Waals surface area contributed by atoms with E-state index in [1.807, 2.05) is 0 Å². The van der Waals surface area contributed by atoms with Gasteiger partial charge >= 0.3 is 0 Å². The second-order valence-corrected chi connectivity index (χ2v) is 11.5. The molecule has 5 rings (SSSR count). The molecule has 0 saturated heterocycles. The van der Waals surface area contributed by atoms with E-state index in [0.29, 0.717) is 0 Å². The van der Waals surface area contributed by atoms with Crippen LogP contribution in [0.2, 0.25) is 0 Å². The molecule has 8 nitrogen and oxygen atoms in total. The van der Waals surface area contributed by atoms with Gasteiger partial charge in [-0.05, 0) is 25.7 Å². The molecule has 0 aliphatic carbocycles. The smallest absolute Gasteiger partial charge is 0.236 e. The minimum Gasteiger partial charge on any atom is -0.236 e. The van der Waals surface area contributed by atoms with Gasteiger partial charge in [0.2, 0.25) is 25.3 Å². The summed E-state index contributed by atoms with van der Waals surface area (Å²) in [5.41, 5.74) is 4.62. The summed E-state index contributed by atoms with van der Waals surface area (Å²) in [5.74, 6) is 0. The molecule has 0 saturated carbocycles. The molecule has 0 fully saturated rings. The zero-order valence-corrected chi connectivity index (χ0v) is 26.1. The summed E-state index contributed by atoms with van der Waals surface area (Å²) in [6.07, 6.45) is 35.9. The van der Waals surface area contributed by atoms with Crippen molar-refractivity contribution < 1.29 is 18.3 Å². The van der Waals surface area contributed by atoms with Crippen LogP contribution in [-0.4, -0.2) is 18.3 Å². The topological polar surface area (TPSA) is 35.2 Å². The number of imidazole rings is 4. The highest BCUT2D eigenvalue weighted by Gasteiger charge is 2.27. The zero-order valence-electron chi connectivity index (χ0n) is 26.1. The molecular formula is C34H50N8+4. The lowest BCUT2D eigenvalue weighted by atomic mass is 10.2. The quantitative estimate of drug-likeness (QED) is 0.146. The minimum absolute atomic E-state index is 1.03. The first-order chi connectivity index (χ1) is 20.6. The summed E-state index contributed by atoms with van der Waals surface area (Å²) in [5, 5.41) is 0. The zero-order chi connectivity index (χ0) is 29.3. The maximum absolute atomic E-state index is 2.35. The molecule has 0 radical (unpaired) electrons. The molecule has 4 heterocycles. The molecule has 0 spiro atoms. The van der Waals surface area contributed by atoms with Gasteiger partial charge in [0.1, 0.15) is 49.6 Å². The van der Waals surface area contributed by atoms with Crippen LogP contribution < -0.4 is 18.3 Å². The fraction of sp³-hybridized carbons (Fsp3) is 0.471. The van der Waals surface area contributed by atoms with Gasteiger partial charge < -0.3 is 0 Å². The van der Waals surface area contributed by atoms with E-state index >= 15 is 0 Å². The van der Waals surface area contributed by atoms with Gasteiger partial charge in [-0.3, -0.25) is 0 Å². The first-order valence-electron chi connectivity index (χ1n) is 16.1. The van der Waals surface area contributed by atoms with Crippen LogP contribution in [0.4, 0.5) is 0 Å². The fourth-order valence-electron chi connectivity index (χ4n) is 5.42. The SMILES string of the molecule is CCCC[n+]1ccn(-c2cc(-n3cc[n+](CCCC)c3)c(-n3cc[n+](CCCC)c3)cc2-n2cc[n+](CCCC)c2)c1. The molecular weight excluding hydrogens is 520 g/mol. The van der Waals surface area contributed by atoms with Crippen LogP contribution >= 0.6 is 0 Å². The summed E-state index contributed by atoms with van der Waals surface area (Å²) in [6.45, 7) is 13.1. The van der Waals surface area contributed by atoms with Gasteiger partial charge in [0.25, 0.3) is 0 Å². The number of rotatable bonds is 16. The second kappa shape index (κ2) is 14.3. The third kappa shape index (κ3) is 6.92. The Hall–Kier alpha value is -3.94. The molecule has 0 N–H and O–H groups in total. The van der Waals surface area contributed by atoms with Gasteiger partial charge in [0.15, 0.2) is 22.7 Å². The van der Waals surface area contributed by atoms with E-state index in [-0.39, 0.29) is 0 Å². The van der Waals surface area contributed by atoms with E-state index in [2.05, 4.69) is 151 Å². The molecule has 0 bridgehead atoms. The van der Waals surface area contributed by atoms with E-state index in [4.69, 9.17) is 0 Å². The molecule has 0 atom stereocenters. The van der Waals surface area contributed by atoms with Gasteiger partial charge in [-0.1, -0.05) is 53.4 Å². The molecule has 222 valence electrons.